The Morgan fingerprint density at radius 3 is 2.78 bits per heavy atom. The van der Waals surface area contributed by atoms with E-state index >= 15 is 0 Å². The molecule has 1 unspecified atom stereocenters. The molecule has 0 aliphatic heterocycles. The third kappa shape index (κ3) is 2.45. The largest absolute Gasteiger partial charge is 0.508 e. The smallest absolute Gasteiger partial charge is 0.123 e. The number of aromatic nitrogens is 2. The molecule has 5 heteroatoms. The van der Waals surface area contributed by atoms with Crippen LogP contribution in [-0.2, 0) is 7.05 Å². The van der Waals surface area contributed by atoms with E-state index in [9.17, 15) is 9.50 Å². The van der Waals surface area contributed by atoms with Crippen LogP contribution in [0.2, 0.25) is 0 Å². The molecule has 0 spiro atoms. The Balaban J connectivity index is 2.24. The van der Waals surface area contributed by atoms with Crippen molar-refractivity contribution in [3.8, 4) is 5.75 Å². The lowest BCUT2D eigenvalue weighted by Crippen LogP contribution is -2.07. The van der Waals surface area contributed by atoms with Gasteiger partial charge in [-0.1, -0.05) is 0 Å². The predicted octanol–water partition coefficient (Wildman–Crippen LogP) is 2.75. The number of halogens is 1. The minimum Gasteiger partial charge on any atom is -0.508 e. The molecule has 0 radical (unpaired) electrons. The van der Waals surface area contributed by atoms with Gasteiger partial charge in [0.15, 0.2) is 0 Å². The highest BCUT2D eigenvalue weighted by Crippen LogP contribution is 2.28. The molecule has 96 valence electrons. The fourth-order valence-corrected chi connectivity index (χ4v) is 1.92. The first-order valence-corrected chi connectivity index (χ1v) is 5.72. The monoisotopic (exact) mass is 249 g/mol. The van der Waals surface area contributed by atoms with Gasteiger partial charge in [-0.05, 0) is 32.0 Å². The van der Waals surface area contributed by atoms with Gasteiger partial charge in [-0.25, -0.2) is 4.39 Å². The fraction of sp³-hybridized carbons (Fsp3) is 0.308. The number of anilines is 1. The van der Waals surface area contributed by atoms with Crippen LogP contribution >= 0.6 is 0 Å². The van der Waals surface area contributed by atoms with Crippen molar-refractivity contribution in [2.24, 2.45) is 7.05 Å². The second-order valence-electron chi connectivity index (χ2n) is 4.37. The standard InChI is InChI=1S/C13H16FN3O/c1-8(11-6-10(14)4-5-13(11)18)15-12-7-17(3)16-9(12)2/h4-8,15,18H,1-3H3. The van der Waals surface area contributed by atoms with E-state index in [1.807, 2.05) is 27.1 Å². The summed E-state index contributed by atoms with van der Waals surface area (Å²) in [6, 6.07) is 3.72. The van der Waals surface area contributed by atoms with Crippen molar-refractivity contribution in [2.75, 3.05) is 5.32 Å². The Morgan fingerprint density at radius 2 is 2.17 bits per heavy atom. The first-order valence-electron chi connectivity index (χ1n) is 5.72. The minimum absolute atomic E-state index is 0.0814. The molecule has 1 aromatic heterocycles. The maximum atomic E-state index is 13.2. The summed E-state index contributed by atoms with van der Waals surface area (Å²) in [6.07, 6.45) is 1.85. The molecule has 0 saturated carbocycles. The topological polar surface area (TPSA) is 50.1 Å². The van der Waals surface area contributed by atoms with E-state index in [2.05, 4.69) is 10.4 Å². The molecule has 1 atom stereocenters. The molecule has 2 N–H and O–H groups in total. The number of aryl methyl sites for hydroxylation is 2. The lowest BCUT2D eigenvalue weighted by Gasteiger charge is -2.16. The van der Waals surface area contributed by atoms with Gasteiger partial charge in [0.05, 0.1) is 17.4 Å². The van der Waals surface area contributed by atoms with E-state index in [4.69, 9.17) is 0 Å². The average molecular weight is 249 g/mol. The summed E-state index contributed by atoms with van der Waals surface area (Å²) < 4.78 is 14.9. The summed E-state index contributed by atoms with van der Waals surface area (Å²) in [5.74, 6) is -0.280. The van der Waals surface area contributed by atoms with Crippen LogP contribution in [-0.4, -0.2) is 14.9 Å². The lowest BCUT2D eigenvalue weighted by atomic mass is 10.1. The average Bonchev–Trinajstić information content (AvgIpc) is 2.61. The van der Waals surface area contributed by atoms with Crippen molar-refractivity contribution in [3.63, 3.8) is 0 Å². The third-order valence-corrected chi connectivity index (χ3v) is 2.84. The molecule has 0 fully saturated rings. The first-order chi connectivity index (χ1) is 8.47. The molecule has 0 amide bonds. The lowest BCUT2D eigenvalue weighted by molar-refractivity contribution is 0.462. The maximum absolute atomic E-state index is 13.2. The van der Waals surface area contributed by atoms with Crippen molar-refractivity contribution in [2.45, 2.75) is 19.9 Å². The number of nitrogens with zero attached hydrogens (tertiary/aromatic N) is 2. The van der Waals surface area contributed by atoms with Gasteiger partial charge in [0.25, 0.3) is 0 Å². The van der Waals surface area contributed by atoms with E-state index in [0.29, 0.717) is 5.56 Å². The molecule has 0 saturated heterocycles. The molecule has 2 rings (SSSR count). The van der Waals surface area contributed by atoms with Crippen LogP contribution in [0.1, 0.15) is 24.2 Å². The van der Waals surface area contributed by atoms with Crippen LogP contribution in [0.25, 0.3) is 0 Å². The van der Waals surface area contributed by atoms with Crippen molar-refractivity contribution in [1.82, 2.24) is 9.78 Å². The fourth-order valence-electron chi connectivity index (χ4n) is 1.92. The summed E-state index contributed by atoms with van der Waals surface area (Å²) in [7, 11) is 1.84. The Kier molecular flexibility index (Phi) is 3.23. The Labute approximate surface area is 105 Å². The Bertz CT molecular complexity index is 565. The third-order valence-electron chi connectivity index (χ3n) is 2.84. The van der Waals surface area contributed by atoms with Crippen molar-refractivity contribution in [3.05, 3.63) is 41.5 Å². The van der Waals surface area contributed by atoms with Gasteiger partial charge >= 0.3 is 0 Å². The number of rotatable bonds is 3. The van der Waals surface area contributed by atoms with Crippen LogP contribution in [0.15, 0.2) is 24.4 Å². The highest BCUT2D eigenvalue weighted by molar-refractivity contribution is 5.49. The number of phenols is 1. The van der Waals surface area contributed by atoms with E-state index < -0.39 is 0 Å². The number of phenolic OH excluding ortho intramolecular Hbond substituents is 1. The van der Waals surface area contributed by atoms with E-state index in [1.54, 1.807) is 4.68 Å². The molecule has 4 nitrogen and oxygen atoms in total. The van der Waals surface area contributed by atoms with Gasteiger partial charge in [0.1, 0.15) is 11.6 Å². The van der Waals surface area contributed by atoms with Crippen LogP contribution in [0.5, 0.6) is 5.75 Å². The molecule has 1 aromatic carbocycles. The van der Waals surface area contributed by atoms with E-state index in [0.717, 1.165) is 11.4 Å². The van der Waals surface area contributed by atoms with Crippen LogP contribution in [0.3, 0.4) is 0 Å². The Morgan fingerprint density at radius 1 is 1.44 bits per heavy atom. The summed E-state index contributed by atoms with van der Waals surface area (Å²) in [5.41, 5.74) is 2.26. The predicted molar refractivity (Wildman–Crippen MR) is 68.0 cm³/mol. The molecule has 0 aliphatic carbocycles. The Hall–Kier alpha value is -2.04. The van der Waals surface area contributed by atoms with E-state index in [-0.39, 0.29) is 17.6 Å². The van der Waals surface area contributed by atoms with Gasteiger partial charge in [-0.15, -0.1) is 0 Å². The summed E-state index contributed by atoms with van der Waals surface area (Å²) >= 11 is 0. The number of aromatic hydroxyl groups is 1. The zero-order valence-corrected chi connectivity index (χ0v) is 10.6. The zero-order chi connectivity index (χ0) is 13.3. The van der Waals surface area contributed by atoms with Gasteiger partial charge in [-0.2, -0.15) is 5.10 Å². The zero-order valence-electron chi connectivity index (χ0n) is 10.6. The van der Waals surface area contributed by atoms with Crippen molar-refractivity contribution in [1.29, 1.82) is 0 Å². The van der Waals surface area contributed by atoms with Gasteiger partial charge in [0.2, 0.25) is 0 Å². The molecule has 0 bridgehead atoms. The van der Waals surface area contributed by atoms with Gasteiger partial charge in [-0.3, -0.25) is 4.68 Å². The van der Waals surface area contributed by atoms with Crippen molar-refractivity contribution >= 4 is 5.69 Å². The van der Waals surface area contributed by atoms with E-state index in [1.165, 1.54) is 18.2 Å². The van der Waals surface area contributed by atoms with Crippen LogP contribution < -0.4 is 5.32 Å². The minimum atomic E-state index is -0.362. The second kappa shape index (κ2) is 4.68. The normalized spacial score (nSPS) is 12.4. The molecule has 1 heterocycles. The van der Waals surface area contributed by atoms with Gasteiger partial charge < -0.3 is 10.4 Å². The SMILES string of the molecule is Cc1nn(C)cc1NC(C)c1cc(F)ccc1O. The number of nitrogens with one attached hydrogen (secondary N) is 1. The summed E-state index contributed by atoms with van der Waals surface area (Å²) in [4.78, 5) is 0. The molecule has 18 heavy (non-hydrogen) atoms. The summed E-state index contributed by atoms with van der Waals surface area (Å²) in [6.45, 7) is 3.75. The molecule has 0 aliphatic rings. The number of hydrogen-bond acceptors (Lipinski definition) is 3. The first kappa shape index (κ1) is 12.4. The van der Waals surface area contributed by atoms with Crippen LogP contribution in [0.4, 0.5) is 10.1 Å². The van der Waals surface area contributed by atoms with Gasteiger partial charge in [0, 0.05) is 18.8 Å². The maximum Gasteiger partial charge on any atom is 0.123 e. The van der Waals surface area contributed by atoms with Crippen LogP contribution in [0, 0.1) is 12.7 Å². The highest BCUT2D eigenvalue weighted by Gasteiger charge is 2.13. The second-order valence-corrected chi connectivity index (χ2v) is 4.37. The molecular weight excluding hydrogens is 233 g/mol. The number of benzene rings is 1. The molecule has 2 aromatic rings. The number of hydrogen-bond donors (Lipinski definition) is 2. The highest BCUT2D eigenvalue weighted by atomic mass is 19.1. The quantitative estimate of drug-likeness (QED) is 0.879. The van der Waals surface area contributed by atoms with Crippen molar-refractivity contribution < 1.29 is 9.50 Å². The summed E-state index contributed by atoms with van der Waals surface area (Å²) in [5, 5.41) is 17.2. The molecular formula is C13H16FN3O.